The van der Waals surface area contributed by atoms with Crippen molar-refractivity contribution in [2.75, 3.05) is 19.6 Å². The number of nitrogens with zero attached hydrogens (tertiary/aromatic N) is 1. The van der Waals surface area contributed by atoms with Gasteiger partial charge in [-0.1, -0.05) is 6.07 Å². The van der Waals surface area contributed by atoms with Crippen molar-refractivity contribution in [3.8, 4) is 0 Å². The lowest BCUT2D eigenvalue weighted by molar-refractivity contribution is -0.897. The fourth-order valence-corrected chi connectivity index (χ4v) is 2.39. The van der Waals surface area contributed by atoms with Crippen LogP contribution in [0, 0.1) is 0 Å². The molecule has 20 heavy (non-hydrogen) atoms. The first-order valence-corrected chi connectivity index (χ1v) is 6.84. The topological polar surface area (TPSA) is 82.4 Å². The SMILES string of the molecule is CC[NH+](CC)CCn1c(=O)[nH]c2cc(C(=O)[O-])ccc21. The quantitative estimate of drug-likeness (QED) is 0.682. The van der Waals surface area contributed by atoms with Gasteiger partial charge in [0.1, 0.15) is 0 Å². The maximum absolute atomic E-state index is 11.9. The molecule has 6 heteroatoms. The number of carbonyl (C=O) groups excluding carboxylic acids is 1. The number of H-pyrrole nitrogens is 1. The van der Waals surface area contributed by atoms with E-state index >= 15 is 0 Å². The molecule has 6 nitrogen and oxygen atoms in total. The second-order valence-corrected chi connectivity index (χ2v) is 4.81. The monoisotopic (exact) mass is 277 g/mol. The molecule has 0 saturated heterocycles. The van der Waals surface area contributed by atoms with E-state index in [1.165, 1.54) is 17.0 Å². The maximum atomic E-state index is 11.9. The smallest absolute Gasteiger partial charge is 0.326 e. The van der Waals surface area contributed by atoms with Gasteiger partial charge in [0.25, 0.3) is 0 Å². The zero-order chi connectivity index (χ0) is 14.7. The second-order valence-electron chi connectivity index (χ2n) is 4.81. The summed E-state index contributed by atoms with van der Waals surface area (Å²) in [4.78, 5) is 26.9. The van der Waals surface area contributed by atoms with Gasteiger partial charge in [0, 0.05) is 0 Å². The van der Waals surface area contributed by atoms with Crippen LogP contribution in [-0.4, -0.2) is 35.2 Å². The van der Waals surface area contributed by atoms with Gasteiger partial charge in [0.05, 0.1) is 43.2 Å². The van der Waals surface area contributed by atoms with Crippen LogP contribution in [0.3, 0.4) is 0 Å². The van der Waals surface area contributed by atoms with E-state index in [1.807, 2.05) is 0 Å². The average Bonchev–Trinajstić information content (AvgIpc) is 2.75. The van der Waals surface area contributed by atoms with Gasteiger partial charge in [-0.15, -0.1) is 0 Å². The Bertz CT molecular complexity index is 668. The lowest BCUT2D eigenvalue weighted by atomic mass is 10.2. The second kappa shape index (κ2) is 5.92. The highest BCUT2D eigenvalue weighted by molar-refractivity contribution is 5.91. The van der Waals surface area contributed by atoms with E-state index in [1.54, 1.807) is 10.6 Å². The Kier molecular flexibility index (Phi) is 4.24. The Balaban J connectivity index is 2.32. The number of carbonyl (C=O) groups is 1. The minimum atomic E-state index is -1.24. The van der Waals surface area contributed by atoms with E-state index in [0.717, 1.165) is 25.2 Å². The van der Waals surface area contributed by atoms with E-state index in [-0.39, 0.29) is 11.3 Å². The molecule has 0 unspecified atom stereocenters. The van der Waals surface area contributed by atoms with E-state index in [4.69, 9.17) is 0 Å². The number of aromatic carboxylic acids is 1. The molecule has 0 bridgehead atoms. The zero-order valence-corrected chi connectivity index (χ0v) is 11.7. The van der Waals surface area contributed by atoms with Gasteiger partial charge in [-0.25, -0.2) is 4.79 Å². The highest BCUT2D eigenvalue weighted by Gasteiger charge is 2.10. The van der Waals surface area contributed by atoms with E-state index in [9.17, 15) is 14.7 Å². The largest absolute Gasteiger partial charge is 0.545 e. The van der Waals surface area contributed by atoms with Crippen molar-refractivity contribution < 1.29 is 14.8 Å². The summed E-state index contributed by atoms with van der Waals surface area (Å²) in [6.45, 7) is 7.74. The van der Waals surface area contributed by atoms with E-state index < -0.39 is 5.97 Å². The number of nitrogens with one attached hydrogen (secondary N) is 2. The fraction of sp³-hybridized carbons (Fsp3) is 0.429. The van der Waals surface area contributed by atoms with Crippen LogP contribution in [0.2, 0.25) is 0 Å². The normalized spacial score (nSPS) is 11.3. The van der Waals surface area contributed by atoms with Gasteiger partial charge in [0.2, 0.25) is 0 Å². The molecule has 2 rings (SSSR count). The molecule has 1 heterocycles. The minimum absolute atomic E-state index is 0.0697. The van der Waals surface area contributed by atoms with Crippen molar-refractivity contribution in [1.29, 1.82) is 0 Å². The summed E-state index contributed by atoms with van der Waals surface area (Å²) in [6.07, 6.45) is 0. The van der Waals surface area contributed by atoms with Gasteiger partial charge < -0.3 is 19.8 Å². The van der Waals surface area contributed by atoms with Gasteiger partial charge >= 0.3 is 5.69 Å². The zero-order valence-electron chi connectivity index (χ0n) is 11.7. The lowest BCUT2D eigenvalue weighted by Gasteiger charge is -2.15. The van der Waals surface area contributed by atoms with Crippen molar-refractivity contribution in [2.24, 2.45) is 0 Å². The summed E-state index contributed by atoms with van der Waals surface area (Å²) < 4.78 is 1.65. The summed E-state index contributed by atoms with van der Waals surface area (Å²) in [5.74, 6) is -1.24. The van der Waals surface area contributed by atoms with Gasteiger partial charge in [-0.2, -0.15) is 0 Å². The van der Waals surface area contributed by atoms with Crippen LogP contribution in [0.15, 0.2) is 23.0 Å². The third kappa shape index (κ3) is 2.75. The number of rotatable bonds is 6. The molecule has 1 aromatic heterocycles. The van der Waals surface area contributed by atoms with Crippen LogP contribution in [0.25, 0.3) is 11.0 Å². The molecule has 0 saturated carbocycles. The van der Waals surface area contributed by atoms with Crippen molar-refractivity contribution >= 4 is 17.0 Å². The summed E-state index contributed by atoms with van der Waals surface area (Å²) in [5.41, 5.74) is 1.13. The molecule has 0 amide bonds. The molecular formula is C14H19N3O3. The van der Waals surface area contributed by atoms with Crippen molar-refractivity contribution in [2.45, 2.75) is 20.4 Å². The molecule has 0 fully saturated rings. The van der Waals surface area contributed by atoms with Crippen LogP contribution in [-0.2, 0) is 6.54 Å². The number of fused-ring (bicyclic) bond motifs is 1. The molecule has 2 N–H and O–H groups in total. The third-order valence-corrected chi connectivity index (χ3v) is 3.70. The van der Waals surface area contributed by atoms with Crippen LogP contribution in [0.5, 0.6) is 0 Å². The number of aromatic nitrogens is 2. The molecule has 108 valence electrons. The van der Waals surface area contributed by atoms with Crippen molar-refractivity contribution in [1.82, 2.24) is 9.55 Å². The van der Waals surface area contributed by atoms with Crippen LogP contribution >= 0.6 is 0 Å². The van der Waals surface area contributed by atoms with Gasteiger partial charge in [0.15, 0.2) is 0 Å². The molecule has 0 aliphatic carbocycles. The number of hydrogen-bond acceptors (Lipinski definition) is 3. The average molecular weight is 277 g/mol. The maximum Gasteiger partial charge on any atom is 0.326 e. The first kappa shape index (κ1) is 14.3. The number of aromatic amines is 1. The Morgan fingerprint density at radius 2 is 2.05 bits per heavy atom. The van der Waals surface area contributed by atoms with E-state index in [2.05, 4.69) is 18.8 Å². The molecular weight excluding hydrogens is 258 g/mol. The summed E-state index contributed by atoms with van der Waals surface area (Å²) >= 11 is 0. The number of imidazole rings is 1. The lowest BCUT2D eigenvalue weighted by Crippen LogP contribution is -3.11. The summed E-state index contributed by atoms with van der Waals surface area (Å²) in [6, 6.07) is 4.55. The van der Waals surface area contributed by atoms with Crippen LogP contribution in [0.1, 0.15) is 24.2 Å². The van der Waals surface area contributed by atoms with Crippen molar-refractivity contribution in [3.05, 3.63) is 34.2 Å². The van der Waals surface area contributed by atoms with E-state index in [0.29, 0.717) is 12.1 Å². The Morgan fingerprint density at radius 3 is 2.65 bits per heavy atom. The van der Waals surface area contributed by atoms with Crippen molar-refractivity contribution in [3.63, 3.8) is 0 Å². The standard InChI is InChI=1S/C14H19N3O3/c1-3-16(4-2)7-8-17-12-6-5-10(13(18)19)9-11(12)15-14(17)20/h5-6,9H,3-4,7-8H2,1-2H3,(H,15,20)(H,18,19). The summed E-state index contributed by atoms with van der Waals surface area (Å²) in [5, 5.41) is 10.8. The molecule has 0 aliphatic heterocycles. The number of hydrogen-bond donors (Lipinski definition) is 2. The molecule has 0 spiro atoms. The predicted molar refractivity (Wildman–Crippen MR) is 73.8 cm³/mol. The highest BCUT2D eigenvalue weighted by Crippen LogP contribution is 2.12. The molecule has 0 aliphatic rings. The predicted octanol–water partition coefficient (Wildman–Crippen LogP) is -1.38. The number of benzene rings is 1. The molecule has 1 aromatic carbocycles. The minimum Gasteiger partial charge on any atom is -0.545 e. The number of carboxylic acid groups (broad SMARTS) is 1. The molecule has 0 radical (unpaired) electrons. The molecule has 2 aromatic rings. The molecule has 0 atom stereocenters. The number of quaternary nitrogens is 1. The highest BCUT2D eigenvalue weighted by atomic mass is 16.4. The Morgan fingerprint density at radius 1 is 1.35 bits per heavy atom. The Labute approximate surface area is 116 Å². The van der Waals surface area contributed by atoms with Crippen LogP contribution in [0.4, 0.5) is 0 Å². The van der Waals surface area contributed by atoms with Gasteiger partial charge in [-0.3, -0.25) is 4.57 Å². The third-order valence-electron chi connectivity index (χ3n) is 3.70. The fourth-order valence-electron chi connectivity index (χ4n) is 2.39. The number of likely N-dealkylation sites (N-methyl/N-ethyl adjacent to an activating group) is 1. The number of carboxylic acids is 1. The first-order chi connectivity index (χ1) is 9.56. The first-order valence-electron chi connectivity index (χ1n) is 6.84. The van der Waals surface area contributed by atoms with Gasteiger partial charge in [-0.05, 0) is 31.5 Å². The van der Waals surface area contributed by atoms with Crippen LogP contribution < -0.4 is 15.7 Å². The summed E-state index contributed by atoms with van der Waals surface area (Å²) in [7, 11) is 0. The Hall–Kier alpha value is -2.08.